The van der Waals surface area contributed by atoms with Crippen LogP contribution >= 0.6 is 0 Å². The summed E-state index contributed by atoms with van der Waals surface area (Å²) in [6.07, 6.45) is 0. The van der Waals surface area contributed by atoms with Crippen molar-refractivity contribution < 1.29 is 8.78 Å². The van der Waals surface area contributed by atoms with Crippen LogP contribution in [0.4, 0.5) is 8.78 Å². The second-order valence-electron chi connectivity index (χ2n) is 5.31. The zero-order chi connectivity index (χ0) is 12.6. The normalized spacial score (nSPS) is 19.4. The highest BCUT2D eigenvalue weighted by molar-refractivity contribution is 5.19. The van der Waals surface area contributed by atoms with Gasteiger partial charge in [0.15, 0.2) is 0 Å². The Morgan fingerprint density at radius 2 is 1.76 bits per heavy atom. The Bertz CT molecular complexity index is 392. The van der Waals surface area contributed by atoms with Crippen molar-refractivity contribution in [3.05, 3.63) is 35.4 Å². The van der Waals surface area contributed by atoms with Crippen molar-refractivity contribution in [3.63, 3.8) is 0 Å². The van der Waals surface area contributed by atoms with Gasteiger partial charge in [-0.05, 0) is 23.6 Å². The van der Waals surface area contributed by atoms with E-state index in [1.54, 1.807) is 0 Å². The van der Waals surface area contributed by atoms with Gasteiger partial charge in [-0.25, -0.2) is 8.78 Å². The Morgan fingerprint density at radius 1 is 1.24 bits per heavy atom. The van der Waals surface area contributed by atoms with Gasteiger partial charge in [-0.2, -0.15) is 0 Å². The molecule has 0 saturated carbocycles. The topological polar surface area (TPSA) is 29.3 Å². The molecule has 94 valence electrons. The maximum absolute atomic E-state index is 13.0. The third kappa shape index (κ3) is 2.64. The van der Waals surface area contributed by atoms with E-state index in [2.05, 4.69) is 18.7 Å². The molecular weight excluding hydrogens is 222 g/mol. The Kier molecular flexibility index (Phi) is 3.19. The van der Waals surface area contributed by atoms with E-state index in [4.69, 9.17) is 5.73 Å². The highest BCUT2D eigenvalue weighted by Gasteiger charge is 2.41. The number of likely N-dealkylation sites (tertiary alicyclic amines) is 1. The van der Waals surface area contributed by atoms with Crippen LogP contribution < -0.4 is 5.73 Å². The van der Waals surface area contributed by atoms with E-state index < -0.39 is 11.6 Å². The van der Waals surface area contributed by atoms with Gasteiger partial charge < -0.3 is 5.73 Å². The predicted molar refractivity (Wildman–Crippen MR) is 63.4 cm³/mol. The fraction of sp³-hybridized carbons (Fsp3) is 0.538. The molecule has 0 radical (unpaired) electrons. The molecule has 0 amide bonds. The third-order valence-corrected chi connectivity index (χ3v) is 3.51. The van der Waals surface area contributed by atoms with E-state index in [0.717, 1.165) is 19.2 Å². The van der Waals surface area contributed by atoms with Crippen molar-refractivity contribution >= 4 is 0 Å². The summed E-state index contributed by atoms with van der Waals surface area (Å²) in [5, 5.41) is 0. The maximum atomic E-state index is 13.0. The molecule has 2 rings (SSSR count). The Morgan fingerprint density at radius 3 is 2.24 bits per heavy atom. The van der Waals surface area contributed by atoms with Crippen LogP contribution in [0.5, 0.6) is 0 Å². The minimum Gasteiger partial charge on any atom is -0.323 e. The maximum Gasteiger partial charge on any atom is 0.126 e. The molecule has 4 heteroatoms. The van der Waals surface area contributed by atoms with Crippen LogP contribution in [0.3, 0.4) is 0 Å². The molecule has 0 aliphatic carbocycles. The molecule has 1 heterocycles. The van der Waals surface area contributed by atoms with Crippen molar-refractivity contribution in [2.45, 2.75) is 25.9 Å². The van der Waals surface area contributed by atoms with E-state index in [9.17, 15) is 8.78 Å². The number of nitrogens with two attached hydrogens (primary N) is 1. The number of nitrogens with zero attached hydrogens (tertiary/aromatic N) is 1. The average Bonchev–Trinajstić information content (AvgIpc) is 2.12. The molecule has 1 aromatic rings. The van der Waals surface area contributed by atoms with Gasteiger partial charge in [-0.15, -0.1) is 0 Å². The molecule has 2 N–H and O–H groups in total. The van der Waals surface area contributed by atoms with Crippen molar-refractivity contribution in [3.8, 4) is 0 Å². The van der Waals surface area contributed by atoms with Gasteiger partial charge >= 0.3 is 0 Å². The lowest BCUT2D eigenvalue weighted by atomic mass is 9.80. The highest BCUT2D eigenvalue weighted by Crippen LogP contribution is 2.27. The van der Waals surface area contributed by atoms with E-state index in [0.29, 0.717) is 18.0 Å². The van der Waals surface area contributed by atoms with E-state index >= 15 is 0 Å². The van der Waals surface area contributed by atoms with Gasteiger partial charge in [-0.3, -0.25) is 4.90 Å². The van der Waals surface area contributed by atoms with Gasteiger partial charge in [0.1, 0.15) is 11.6 Å². The summed E-state index contributed by atoms with van der Waals surface area (Å²) in [7, 11) is 0. The van der Waals surface area contributed by atoms with Crippen LogP contribution in [-0.4, -0.2) is 23.5 Å². The smallest absolute Gasteiger partial charge is 0.126 e. The van der Waals surface area contributed by atoms with Crippen LogP contribution in [0.2, 0.25) is 0 Å². The second kappa shape index (κ2) is 4.35. The molecule has 1 fully saturated rings. The summed E-state index contributed by atoms with van der Waals surface area (Å²) >= 11 is 0. The van der Waals surface area contributed by atoms with Crippen molar-refractivity contribution in [1.29, 1.82) is 0 Å². The summed E-state index contributed by atoms with van der Waals surface area (Å²) in [6.45, 7) is 6.31. The highest BCUT2D eigenvalue weighted by atomic mass is 19.1. The van der Waals surface area contributed by atoms with Crippen LogP contribution in [-0.2, 0) is 6.54 Å². The lowest BCUT2D eigenvalue weighted by molar-refractivity contribution is 0.0312. The van der Waals surface area contributed by atoms with E-state index in [-0.39, 0.29) is 5.54 Å². The minimum absolute atomic E-state index is 0.147. The van der Waals surface area contributed by atoms with Crippen LogP contribution in [0.1, 0.15) is 19.4 Å². The van der Waals surface area contributed by atoms with Crippen LogP contribution in [0, 0.1) is 17.6 Å². The molecule has 1 aliphatic rings. The monoisotopic (exact) mass is 240 g/mol. The van der Waals surface area contributed by atoms with Gasteiger partial charge in [0, 0.05) is 31.2 Å². The summed E-state index contributed by atoms with van der Waals surface area (Å²) in [6, 6.07) is 3.63. The SMILES string of the molecule is CC(C)C1(N)CN(Cc2cc(F)cc(F)c2)C1. The Balaban J connectivity index is 1.96. The third-order valence-electron chi connectivity index (χ3n) is 3.51. The molecule has 0 bridgehead atoms. The van der Waals surface area contributed by atoms with Crippen LogP contribution in [0.15, 0.2) is 18.2 Å². The van der Waals surface area contributed by atoms with E-state index in [1.807, 2.05) is 0 Å². The van der Waals surface area contributed by atoms with E-state index in [1.165, 1.54) is 12.1 Å². The van der Waals surface area contributed by atoms with Gasteiger partial charge in [0.05, 0.1) is 0 Å². The van der Waals surface area contributed by atoms with Crippen molar-refractivity contribution in [1.82, 2.24) is 4.90 Å². The number of halogens is 2. The summed E-state index contributed by atoms with van der Waals surface area (Å²) in [5.74, 6) is -0.630. The largest absolute Gasteiger partial charge is 0.323 e. The zero-order valence-electron chi connectivity index (χ0n) is 10.2. The molecule has 0 aromatic heterocycles. The van der Waals surface area contributed by atoms with Gasteiger partial charge in [0.2, 0.25) is 0 Å². The lowest BCUT2D eigenvalue weighted by Gasteiger charge is -2.50. The fourth-order valence-electron chi connectivity index (χ4n) is 2.22. The molecule has 1 saturated heterocycles. The molecule has 0 unspecified atom stereocenters. The molecule has 1 aliphatic heterocycles. The number of rotatable bonds is 3. The van der Waals surface area contributed by atoms with Gasteiger partial charge in [0.25, 0.3) is 0 Å². The fourth-order valence-corrected chi connectivity index (χ4v) is 2.22. The standard InChI is InChI=1S/C13H18F2N2/c1-9(2)13(16)7-17(8-13)6-10-3-11(14)5-12(15)4-10/h3-5,9H,6-8,16H2,1-2H3. The van der Waals surface area contributed by atoms with Crippen molar-refractivity contribution in [2.24, 2.45) is 11.7 Å². The van der Waals surface area contributed by atoms with Crippen molar-refractivity contribution in [2.75, 3.05) is 13.1 Å². The first kappa shape index (κ1) is 12.5. The summed E-state index contributed by atoms with van der Waals surface area (Å²) in [5.41, 5.74) is 6.67. The second-order valence-corrected chi connectivity index (χ2v) is 5.31. The summed E-state index contributed by atoms with van der Waals surface area (Å²) < 4.78 is 26.0. The molecule has 17 heavy (non-hydrogen) atoms. The molecule has 1 aromatic carbocycles. The Hall–Kier alpha value is -1.00. The number of hydrogen-bond acceptors (Lipinski definition) is 2. The molecule has 0 atom stereocenters. The predicted octanol–water partition coefficient (Wildman–Crippen LogP) is 2.13. The first-order valence-electron chi connectivity index (χ1n) is 5.85. The van der Waals surface area contributed by atoms with Crippen LogP contribution in [0.25, 0.3) is 0 Å². The first-order valence-corrected chi connectivity index (χ1v) is 5.85. The Labute approximate surface area is 100 Å². The number of hydrogen-bond donors (Lipinski definition) is 1. The average molecular weight is 240 g/mol. The quantitative estimate of drug-likeness (QED) is 0.877. The molecule has 0 spiro atoms. The number of benzene rings is 1. The van der Waals surface area contributed by atoms with Gasteiger partial charge in [-0.1, -0.05) is 13.8 Å². The summed E-state index contributed by atoms with van der Waals surface area (Å²) in [4.78, 5) is 2.11. The lowest BCUT2D eigenvalue weighted by Crippen LogP contribution is -2.69. The molecule has 2 nitrogen and oxygen atoms in total. The first-order chi connectivity index (χ1) is 7.89. The zero-order valence-corrected chi connectivity index (χ0v) is 10.2. The minimum atomic E-state index is -0.525. The molecular formula is C13H18F2N2.